The fourth-order valence-corrected chi connectivity index (χ4v) is 2.64. The lowest BCUT2D eigenvalue weighted by Crippen LogP contribution is -2.09. The topological polar surface area (TPSA) is 85.4 Å². The average Bonchev–Trinajstić information content (AvgIpc) is 2.68. The number of benzene rings is 2. The molecule has 7 heteroatoms. The number of aryl methyl sites for hydroxylation is 1. The maximum absolute atomic E-state index is 12.2. The van der Waals surface area contributed by atoms with E-state index in [9.17, 15) is 4.79 Å². The monoisotopic (exact) mass is 378 g/mol. The number of ether oxygens (including phenoxy) is 2. The molecule has 0 atom stereocenters. The van der Waals surface area contributed by atoms with Crippen molar-refractivity contribution >= 4 is 29.1 Å². The fraction of sp³-hybridized carbons (Fsp3) is 0.190. The second kappa shape index (κ2) is 8.85. The molecule has 1 aromatic heterocycles. The average molecular weight is 378 g/mol. The van der Waals surface area contributed by atoms with E-state index in [1.807, 2.05) is 43.3 Å². The number of methoxy groups -OCH3 is 1. The van der Waals surface area contributed by atoms with Crippen LogP contribution < -0.4 is 15.4 Å². The number of para-hydroxylation sites is 1. The highest BCUT2D eigenvalue weighted by Crippen LogP contribution is 2.24. The largest absolute Gasteiger partial charge is 0.497 e. The van der Waals surface area contributed by atoms with Crippen molar-refractivity contribution in [1.29, 1.82) is 0 Å². The predicted octanol–water partition coefficient (Wildman–Crippen LogP) is 4.46. The molecular weight excluding hydrogens is 356 g/mol. The minimum Gasteiger partial charge on any atom is -0.497 e. The van der Waals surface area contributed by atoms with E-state index in [1.165, 1.54) is 0 Å². The van der Waals surface area contributed by atoms with Gasteiger partial charge >= 0.3 is 5.97 Å². The van der Waals surface area contributed by atoms with E-state index in [1.54, 1.807) is 32.2 Å². The standard InChI is InChI=1S/C21H22N4O3/c1-4-28-20(26)17-10-5-6-11-18(17)24-21-22-14(2)12-19(25-21)23-15-8-7-9-16(13-15)27-3/h5-13H,4H2,1-3H3,(H2,22,23,24,25). The molecule has 0 saturated carbocycles. The molecule has 0 radical (unpaired) electrons. The minimum atomic E-state index is -0.395. The van der Waals surface area contributed by atoms with Crippen LogP contribution in [0.3, 0.4) is 0 Å². The highest BCUT2D eigenvalue weighted by molar-refractivity contribution is 5.96. The number of carbonyl (C=O) groups is 1. The van der Waals surface area contributed by atoms with Crippen LogP contribution in [-0.4, -0.2) is 29.7 Å². The van der Waals surface area contributed by atoms with Gasteiger partial charge < -0.3 is 20.1 Å². The Morgan fingerprint density at radius 1 is 1.04 bits per heavy atom. The molecule has 0 unspecified atom stereocenters. The molecular formula is C21H22N4O3. The van der Waals surface area contributed by atoms with Crippen LogP contribution >= 0.6 is 0 Å². The Bertz CT molecular complexity index is 975. The van der Waals surface area contributed by atoms with E-state index < -0.39 is 5.97 Å². The zero-order valence-electron chi connectivity index (χ0n) is 16.0. The highest BCUT2D eigenvalue weighted by Gasteiger charge is 2.13. The summed E-state index contributed by atoms with van der Waals surface area (Å²) in [5.74, 6) is 1.35. The lowest BCUT2D eigenvalue weighted by molar-refractivity contribution is 0.0527. The van der Waals surface area contributed by atoms with E-state index in [0.717, 1.165) is 17.1 Å². The maximum atomic E-state index is 12.2. The summed E-state index contributed by atoms with van der Waals surface area (Å²) in [7, 11) is 1.62. The first-order chi connectivity index (χ1) is 13.6. The molecule has 144 valence electrons. The van der Waals surface area contributed by atoms with E-state index in [2.05, 4.69) is 20.6 Å². The van der Waals surface area contributed by atoms with Crippen LogP contribution in [0.25, 0.3) is 0 Å². The number of nitrogens with zero attached hydrogens (tertiary/aromatic N) is 2. The summed E-state index contributed by atoms with van der Waals surface area (Å²) in [5, 5.41) is 6.35. The number of esters is 1. The third kappa shape index (κ3) is 4.76. The van der Waals surface area contributed by atoms with Crippen LogP contribution in [0.5, 0.6) is 5.75 Å². The van der Waals surface area contributed by atoms with Gasteiger partial charge in [-0.15, -0.1) is 0 Å². The van der Waals surface area contributed by atoms with Crippen molar-refractivity contribution in [1.82, 2.24) is 9.97 Å². The van der Waals surface area contributed by atoms with E-state index in [0.29, 0.717) is 29.6 Å². The molecule has 0 fully saturated rings. The summed E-state index contributed by atoms with van der Waals surface area (Å²) in [5.41, 5.74) is 2.63. The van der Waals surface area contributed by atoms with Crippen molar-refractivity contribution < 1.29 is 14.3 Å². The maximum Gasteiger partial charge on any atom is 0.340 e. The molecule has 3 rings (SSSR count). The first-order valence-electron chi connectivity index (χ1n) is 8.89. The molecule has 0 spiro atoms. The summed E-state index contributed by atoms with van der Waals surface area (Å²) in [4.78, 5) is 21.1. The van der Waals surface area contributed by atoms with Crippen LogP contribution in [0, 0.1) is 6.92 Å². The van der Waals surface area contributed by atoms with Gasteiger partial charge in [0.05, 0.1) is 25.0 Å². The Balaban J connectivity index is 1.85. The fourth-order valence-electron chi connectivity index (χ4n) is 2.64. The molecule has 28 heavy (non-hydrogen) atoms. The van der Waals surface area contributed by atoms with Gasteiger partial charge in [0.2, 0.25) is 5.95 Å². The van der Waals surface area contributed by atoms with Crippen molar-refractivity contribution in [3.8, 4) is 5.75 Å². The molecule has 0 saturated heterocycles. The van der Waals surface area contributed by atoms with E-state index in [-0.39, 0.29) is 0 Å². The molecule has 0 bridgehead atoms. The van der Waals surface area contributed by atoms with Gasteiger partial charge in [-0.25, -0.2) is 9.78 Å². The normalized spacial score (nSPS) is 10.2. The highest BCUT2D eigenvalue weighted by atomic mass is 16.5. The summed E-state index contributed by atoms with van der Waals surface area (Å²) in [6.07, 6.45) is 0. The van der Waals surface area contributed by atoms with Gasteiger partial charge in [0.15, 0.2) is 0 Å². The van der Waals surface area contributed by atoms with Crippen LogP contribution in [0.1, 0.15) is 23.0 Å². The third-order valence-corrected chi connectivity index (χ3v) is 3.87. The Kier molecular flexibility index (Phi) is 6.06. The predicted molar refractivity (Wildman–Crippen MR) is 109 cm³/mol. The van der Waals surface area contributed by atoms with Crippen LogP contribution in [0.2, 0.25) is 0 Å². The number of hydrogen-bond acceptors (Lipinski definition) is 7. The molecule has 0 aliphatic carbocycles. The molecule has 3 aromatic rings. The zero-order valence-corrected chi connectivity index (χ0v) is 16.0. The number of anilines is 4. The second-order valence-electron chi connectivity index (χ2n) is 5.97. The molecule has 0 aliphatic heterocycles. The van der Waals surface area contributed by atoms with Crippen LogP contribution in [0.4, 0.5) is 23.1 Å². The molecule has 1 heterocycles. The van der Waals surface area contributed by atoms with Gasteiger partial charge in [0.25, 0.3) is 0 Å². The Morgan fingerprint density at radius 2 is 1.86 bits per heavy atom. The number of nitrogens with one attached hydrogen (secondary N) is 2. The molecule has 0 amide bonds. The van der Waals surface area contributed by atoms with Gasteiger partial charge in [-0.05, 0) is 38.1 Å². The van der Waals surface area contributed by atoms with Gasteiger partial charge in [-0.2, -0.15) is 4.98 Å². The quantitative estimate of drug-likeness (QED) is 0.587. The minimum absolute atomic E-state index is 0.308. The number of aromatic nitrogens is 2. The summed E-state index contributed by atoms with van der Waals surface area (Å²) in [6.45, 7) is 3.96. The van der Waals surface area contributed by atoms with Crippen LogP contribution in [-0.2, 0) is 4.74 Å². The first-order valence-corrected chi connectivity index (χ1v) is 8.89. The van der Waals surface area contributed by atoms with Gasteiger partial charge in [-0.1, -0.05) is 18.2 Å². The van der Waals surface area contributed by atoms with Gasteiger partial charge in [0, 0.05) is 23.5 Å². The van der Waals surface area contributed by atoms with Crippen LogP contribution in [0.15, 0.2) is 54.6 Å². The van der Waals surface area contributed by atoms with Crippen molar-refractivity contribution in [3.63, 3.8) is 0 Å². The van der Waals surface area contributed by atoms with Crippen molar-refractivity contribution in [2.45, 2.75) is 13.8 Å². The Labute approximate surface area is 163 Å². The second-order valence-corrected chi connectivity index (χ2v) is 5.97. The third-order valence-electron chi connectivity index (χ3n) is 3.87. The first kappa shape index (κ1) is 19.2. The number of hydrogen-bond donors (Lipinski definition) is 2. The molecule has 7 nitrogen and oxygen atoms in total. The van der Waals surface area contributed by atoms with E-state index >= 15 is 0 Å². The van der Waals surface area contributed by atoms with Gasteiger partial charge in [-0.3, -0.25) is 0 Å². The Morgan fingerprint density at radius 3 is 2.64 bits per heavy atom. The molecule has 2 N–H and O–H groups in total. The number of rotatable bonds is 7. The molecule has 0 aliphatic rings. The van der Waals surface area contributed by atoms with E-state index in [4.69, 9.17) is 9.47 Å². The smallest absolute Gasteiger partial charge is 0.340 e. The van der Waals surface area contributed by atoms with Gasteiger partial charge in [0.1, 0.15) is 11.6 Å². The SMILES string of the molecule is CCOC(=O)c1ccccc1Nc1nc(C)cc(Nc2cccc(OC)c2)n1. The lowest BCUT2D eigenvalue weighted by atomic mass is 10.2. The van der Waals surface area contributed by atoms with Crippen molar-refractivity contribution in [2.75, 3.05) is 24.4 Å². The lowest BCUT2D eigenvalue weighted by Gasteiger charge is -2.12. The molecule has 2 aromatic carbocycles. The van der Waals surface area contributed by atoms with Crippen molar-refractivity contribution in [2.24, 2.45) is 0 Å². The zero-order chi connectivity index (χ0) is 19.9. The summed E-state index contributed by atoms with van der Waals surface area (Å²) < 4.78 is 10.4. The number of carbonyl (C=O) groups excluding carboxylic acids is 1. The summed E-state index contributed by atoms with van der Waals surface area (Å²) >= 11 is 0. The van der Waals surface area contributed by atoms with Crippen molar-refractivity contribution in [3.05, 3.63) is 65.9 Å². The summed E-state index contributed by atoms with van der Waals surface area (Å²) in [6, 6.07) is 16.5. The Hall–Kier alpha value is -3.61.